The van der Waals surface area contributed by atoms with Gasteiger partial charge in [0.25, 0.3) is 0 Å². The molecule has 0 atom stereocenters. The minimum atomic E-state index is 0.519. The molecule has 3 heteroatoms. The molecule has 1 aromatic carbocycles. The van der Waals surface area contributed by atoms with Crippen LogP contribution in [0.2, 0.25) is 5.02 Å². The molecule has 0 unspecified atom stereocenters. The van der Waals surface area contributed by atoms with Gasteiger partial charge in [-0.1, -0.05) is 11.6 Å². The van der Waals surface area contributed by atoms with Crippen LogP contribution in [0.15, 0.2) is 12.1 Å². The molecule has 0 amide bonds. The Morgan fingerprint density at radius 2 is 2.08 bits per heavy atom. The number of nitrogens with two attached hydrogens (primary N) is 1. The maximum absolute atomic E-state index is 5.99. The Morgan fingerprint density at radius 3 is 2.69 bits per heavy atom. The Labute approximate surface area is 83.6 Å². The lowest BCUT2D eigenvalue weighted by Gasteiger charge is -2.10. The van der Waals surface area contributed by atoms with E-state index in [0.29, 0.717) is 13.2 Å². The number of ether oxygens (including phenoxy) is 1. The van der Waals surface area contributed by atoms with Gasteiger partial charge in [0.05, 0.1) is 0 Å². The molecular formula is C10H14ClNO. The lowest BCUT2D eigenvalue weighted by Crippen LogP contribution is -2.11. The fourth-order valence-electron chi connectivity index (χ4n) is 1.10. The Hall–Kier alpha value is -0.730. The summed E-state index contributed by atoms with van der Waals surface area (Å²) in [5.41, 5.74) is 7.42. The van der Waals surface area contributed by atoms with Gasteiger partial charge in [-0.2, -0.15) is 0 Å². The fraction of sp³-hybridized carbons (Fsp3) is 0.400. The standard InChI is InChI=1S/C10H14ClNO/c1-7-5-9(11)8(2)10(6-7)13-4-3-12/h5-6H,3-4,12H2,1-2H3. The zero-order valence-electron chi connectivity index (χ0n) is 7.93. The van der Waals surface area contributed by atoms with Crippen LogP contribution in [0.3, 0.4) is 0 Å². The molecule has 1 aromatic rings. The summed E-state index contributed by atoms with van der Waals surface area (Å²) in [5, 5.41) is 0.743. The van der Waals surface area contributed by atoms with Crippen LogP contribution in [0.4, 0.5) is 0 Å². The summed E-state index contributed by atoms with van der Waals surface area (Å²) in [6, 6.07) is 3.89. The first-order valence-electron chi connectivity index (χ1n) is 4.24. The second-order valence-electron chi connectivity index (χ2n) is 3.01. The van der Waals surface area contributed by atoms with Crippen molar-refractivity contribution in [1.82, 2.24) is 0 Å². The van der Waals surface area contributed by atoms with Crippen molar-refractivity contribution < 1.29 is 4.74 Å². The summed E-state index contributed by atoms with van der Waals surface area (Å²) in [5.74, 6) is 0.829. The maximum Gasteiger partial charge on any atom is 0.124 e. The van der Waals surface area contributed by atoms with E-state index in [-0.39, 0.29) is 0 Å². The smallest absolute Gasteiger partial charge is 0.124 e. The second-order valence-corrected chi connectivity index (χ2v) is 3.41. The molecule has 0 heterocycles. The predicted molar refractivity (Wildman–Crippen MR) is 55.5 cm³/mol. The Bertz CT molecular complexity index is 299. The molecule has 0 aliphatic rings. The van der Waals surface area contributed by atoms with Crippen LogP contribution >= 0.6 is 11.6 Å². The van der Waals surface area contributed by atoms with Crippen LogP contribution in [-0.2, 0) is 0 Å². The van der Waals surface area contributed by atoms with Crippen molar-refractivity contribution in [1.29, 1.82) is 0 Å². The summed E-state index contributed by atoms with van der Waals surface area (Å²) >= 11 is 5.99. The maximum atomic E-state index is 5.99. The topological polar surface area (TPSA) is 35.2 Å². The van der Waals surface area contributed by atoms with Crippen LogP contribution in [0.25, 0.3) is 0 Å². The van der Waals surface area contributed by atoms with Crippen LogP contribution in [-0.4, -0.2) is 13.2 Å². The number of hydrogen-bond acceptors (Lipinski definition) is 2. The van der Waals surface area contributed by atoms with Gasteiger partial charge in [0.1, 0.15) is 12.4 Å². The summed E-state index contributed by atoms with van der Waals surface area (Å²) in [6.45, 7) is 4.97. The van der Waals surface area contributed by atoms with Gasteiger partial charge in [0.15, 0.2) is 0 Å². The highest BCUT2D eigenvalue weighted by atomic mass is 35.5. The van der Waals surface area contributed by atoms with Crippen molar-refractivity contribution in [2.75, 3.05) is 13.2 Å². The third-order valence-corrected chi connectivity index (χ3v) is 2.21. The first-order chi connectivity index (χ1) is 6.15. The van der Waals surface area contributed by atoms with Crippen molar-refractivity contribution in [2.24, 2.45) is 5.73 Å². The predicted octanol–water partition coefficient (Wildman–Crippen LogP) is 2.29. The highest BCUT2D eigenvalue weighted by Crippen LogP contribution is 2.27. The van der Waals surface area contributed by atoms with E-state index in [1.807, 2.05) is 26.0 Å². The average Bonchev–Trinajstić information content (AvgIpc) is 2.09. The Kier molecular flexibility index (Phi) is 3.58. The number of aryl methyl sites for hydroxylation is 1. The molecule has 2 N–H and O–H groups in total. The first-order valence-corrected chi connectivity index (χ1v) is 4.62. The van der Waals surface area contributed by atoms with Crippen LogP contribution in [0, 0.1) is 13.8 Å². The Morgan fingerprint density at radius 1 is 1.38 bits per heavy atom. The second kappa shape index (κ2) is 4.49. The molecule has 0 aliphatic carbocycles. The molecule has 72 valence electrons. The van der Waals surface area contributed by atoms with Gasteiger partial charge in [0, 0.05) is 17.1 Å². The molecule has 1 rings (SSSR count). The van der Waals surface area contributed by atoms with Gasteiger partial charge in [0.2, 0.25) is 0 Å². The molecule has 0 bridgehead atoms. The summed E-state index contributed by atoms with van der Waals surface area (Å²) in [6.07, 6.45) is 0. The number of hydrogen-bond donors (Lipinski definition) is 1. The molecule has 0 fully saturated rings. The van der Waals surface area contributed by atoms with Crippen LogP contribution in [0.1, 0.15) is 11.1 Å². The molecule has 2 nitrogen and oxygen atoms in total. The molecule has 0 aromatic heterocycles. The van der Waals surface area contributed by atoms with E-state index in [4.69, 9.17) is 22.1 Å². The van der Waals surface area contributed by atoms with E-state index >= 15 is 0 Å². The van der Waals surface area contributed by atoms with Crippen molar-refractivity contribution in [3.05, 3.63) is 28.3 Å². The third kappa shape index (κ3) is 2.61. The summed E-state index contributed by atoms with van der Waals surface area (Å²) < 4.78 is 5.44. The summed E-state index contributed by atoms with van der Waals surface area (Å²) in [7, 11) is 0. The van der Waals surface area contributed by atoms with Crippen molar-refractivity contribution in [3.8, 4) is 5.75 Å². The quantitative estimate of drug-likeness (QED) is 0.811. The van der Waals surface area contributed by atoms with Gasteiger partial charge in [-0.05, 0) is 31.5 Å². The normalized spacial score (nSPS) is 10.2. The van der Waals surface area contributed by atoms with Gasteiger partial charge in [-0.3, -0.25) is 0 Å². The lowest BCUT2D eigenvalue weighted by atomic mass is 10.1. The van der Waals surface area contributed by atoms with Crippen LogP contribution < -0.4 is 10.5 Å². The SMILES string of the molecule is Cc1cc(Cl)c(C)c(OCCN)c1. The van der Waals surface area contributed by atoms with Crippen molar-refractivity contribution in [2.45, 2.75) is 13.8 Å². The zero-order valence-corrected chi connectivity index (χ0v) is 8.69. The molecule has 0 aliphatic heterocycles. The Balaban J connectivity index is 2.92. The van der Waals surface area contributed by atoms with Gasteiger partial charge in [-0.25, -0.2) is 0 Å². The monoisotopic (exact) mass is 199 g/mol. The van der Waals surface area contributed by atoms with E-state index in [1.165, 1.54) is 0 Å². The van der Waals surface area contributed by atoms with Gasteiger partial charge < -0.3 is 10.5 Å². The lowest BCUT2D eigenvalue weighted by molar-refractivity contribution is 0.326. The number of halogens is 1. The van der Waals surface area contributed by atoms with E-state index in [0.717, 1.165) is 21.9 Å². The highest BCUT2D eigenvalue weighted by Gasteiger charge is 2.04. The zero-order chi connectivity index (χ0) is 9.84. The highest BCUT2D eigenvalue weighted by molar-refractivity contribution is 6.31. The number of benzene rings is 1. The van der Waals surface area contributed by atoms with Crippen LogP contribution in [0.5, 0.6) is 5.75 Å². The molecule has 0 radical (unpaired) electrons. The molecule has 0 saturated heterocycles. The average molecular weight is 200 g/mol. The fourth-order valence-corrected chi connectivity index (χ4v) is 1.37. The van der Waals surface area contributed by atoms with Crippen molar-refractivity contribution >= 4 is 11.6 Å². The minimum absolute atomic E-state index is 0.519. The summed E-state index contributed by atoms with van der Waals surface area (Å²) in [4.78, 5) is 0. The largest absolute Gasteiger partial charge is 0.492 e. The minimum Gasteiger partial charge on any atom is -0.492 e. The molecule has 13 heavy (non-hydrogen) atoms. The van der Waals surface area contributed by atoms with E-state index in [9.17, 15) is 0 Å². The molecular weight excluding hydrogens is 186 g/mol. The van der Waals surface area contributed by atoms with Gasteiger partial charge >= 0.3 is 0 Å². The first kappa shape index (κ1) is 10.4. The van der Waals surface area contributed by atoms with E-state index < -0.39 is 0 Å². The third-order valence-electron chi connectivity index (χ3n) is 1.82. The van der Waals surface area contributed by atoms with Gasteiger partial charge in [-0.15, -0.1) is 0 Å². The van der Waals surface area contributed by atoms with Crippen molar-refractivity contribution in [3.63, 3.8) is 0 Å². The van der Waals surface area contributed by atoms with E-state index in [2.05, 4.69) is 0 Å². The molecule has 0 spiro atoms. The molecule has 0 saturated carbocycles. The number of rotatable bonds is 3. The van der Waals surface area contributed by atoms with E-state index in [1.54, 1.807) is 0 Å².